The molecule has 0 aliphatic rings. The van der Waals surface area contributed by atoms with Gasteiger partial charge in [0.15, 0.2) is 0 Å². The van der Waals surface area contributed by atoms with Gasteiger partial charge in [-0.3, -0.25) is 14.4 Å². The van der Waals surface area contributed by atoms with E-state index in [0.717, 1.165) is 24.8 Å². The van der Waals surface area contributed by atoms with Crippen molar-refractivity contribution in [1.29, 1.82) is 0 Å². The number of nitrogens with one attached hydrogen (secondary N) is 1. The Labute approximate surface area is 197 Å². The van der Waals surface area contributed by atoms with Crippen molar-refractivity contribution in [1.82, 2.24) is 14.5 Å². The number of hydrogen-bond donors (Lipinski definition) is 2. The lowest BCUT2D eigenvalue weighted by Crippen LogP contribution is -2.33. The van der Waals surface area contributed by atoms with Crippen LogP contribution in [0.25, 0.3) is 22.6 Å². The number of carbonyl (C=O) groups is 1. The SMILES string of the molecule is CCCCCn1ccc(-c2cc(=O)[nH]c(-c3cc(CC(C)(C)C(N)=O)ccc3Cl)n2)cc1=O. The molecule has 0 bridgehead atoms. The summed E-state index contributed by atoms with van der Waals surface area (Å²) in [5.74, 6) is -0.120. The van der Waals surface area contributed by atoms with E-state index in [1.165, 1.54) is 12.1 Å². The maximum Gasteiger partial charge on any atom is 0.251 e. The highest BCUT2D eigenvalue weighted by Crippen LogP contribution is 2.30. The molecule has 3 aromatic rings. The molecule has 33 heavy (non-hydrogen) atoms. The van der Waals surface area contributed by atoms with Gasteiger partial charge >= 0.3 is 0 Å². The molecule has 7 nitrogen and oxygen atoms in total. The topological polar surface area (TPSA) is 111 Å². The van der Waals surface area contributed by atoms with Gasteiger partial charge in [-0.15, -0.1) is 0 Å². The van der Waals surface area contributed by atoms with Crippen molar-refractivity contribution in [3.63, 3.8) is 0 Å². The first-order valence-corrected chi connectivity index (χ1v) is 11.4. The van der Waals surface area contributed by atoms with Crippen LogP contribution in [0.15, 0.2) is 52.2 Å². The summed E-state index contributed by atoms with van der Waals surface area (Å²) >= 11 is 6.41. The summed E-state index contributed by atoms with van der Waals surface area (Å²) in [6, 6.07) is 9.94. The lowest BCUT2D eigenvalue weighted by molar-refractivity contribution is -0.125. The van der Waals surface area contributed by atoms with Gasteiger partial charge in [0.25, 0.3) is 11.1 Å². The van der Waals surface area contributed by atoms with Crippen LogP contribution in [0.2, 0.25) is 5.02 Å². The Morgan fingerprint density at radius 1 is 1.15 bits per heavy atom. The molecule has 0 atom stereocenters. The Balaban J connectivity index is 1.98. The molecule has 0 aliphatic carbocycles. The molecule has 0 saturated heterocycles. The Morgan fingerprint density at radius 3 is 2.58 bits per heavy atom. The third-order valence-electron chi connectivity index (χ3n) is 5.64. The van der Waals surface area contributed by atoms with Crippen LogP contribution in [-0.2, 0) is 17.8 Å². The van der Waals surface area contributed by atoms with E-state index in [2.05, 4.69) is 16.9 Å². The standard InChI is InChI=1S/C25H29ClN4O3/c1-4-5-6-10-30-11-9-17(13-22(30)32)20-14-21(31)29-23(28-20)18-12-16(7-8-19(18)26)15-25(2,3)24(27)33/h7-9,11-14H,4-6,10,15H2,1-3H3,(H2,27,33)(H,28,29,31). The third kappa shape index (κ3) is 5.99. The number of pyridine rings is 1. The van der Waals surface area contributed by atoms with Crippen LogP contribution in [0.3, 0.4) is 0 Å². The predicted octanol–water partition coefficient (Wildman–Crippen LogP) is 4.16. The van der Waals surface area contributed by atoms with E-state index in [1.54, 1.807) is 42.8 Å². The monoisotopic (exact) mass is 468 g/mol. The quantitative estimate of drug-likeness (QED) is 0.459. The van der Waals surface area contributed by atoms with Crippen molar-refractivity contribution in [2.45, 2.75) is 53.0 Å². The number of aromatic amines is 1. The van der Waals surface area contributed by atoms with Crippen molar-refractivity contribution in [3.8, 4) is 22.6 Å². The van der Waals surface area contributed by atoms with Gasteiger partial charge < -0.3 is 15.3 Å². The average molecular weight is 469 g/mol. The summed E-state index contributed by atoms with van der Waals surface area (Å²) in [6.45, 7) is 6.32. The minimum Gasteiger partial charge on any atom is -0.369 e. The third-order valence-corrected chi connectivity index (χ3v) is 5.96. The maximum atomic E-state index is 12.5. The van der Waals surface area contributed by atoms with Gasteiger partial charge in [0, 0.05) is 41.4 Å². The van der Waals surface area contributed by atoms with Crippen LogP contribution < -0.4 is 16.9 Å². The maximum absolute atomic E-state index is 12.5. The fourth-order valence-electron chi connectivity index (χ4n) is 3.58. The van der Waals surface area contributed by atoms with Crippen molar-refractivity contribution < 1.29 is 4.79 Å². The van der Waals surface area contributed by atoms with E-state index < -0.39 is 11.3 Å². The van der Waals surface area contributed by atoms with Crippen LogP contribution >= 0.6 is 11.6 Å². The first kappa shape index (κ1) is 24.5. The molecular weight excluding hydrogens is 440 g/mol. The molecule has 1 aromatic carbocycles. The summed E-state index contributed by atoms with van der Waals surface area (Å²) in [4.78, 5) is 44.0. The first-order valence-electron chi connectivity index (χ1n) is 11.0. The number of aromatic nitrogens is 3. The normalized spacial score (nSPS) is 11.5. The van der Waals surface area contributed by atoms with Gasteiger partial charge in [0.1, 0.15) is 5.82 Å². The van der Waals surface area contributed by atoms with Crippen molar-refractivity contribution >= 4 is 17.5 Å². The zero-order valence-corrected chi connectivity index (χ0v) is 19.9. The van der Waals surface area contributed by atoms with E-state index in [-0.39, 0.29) is 16.9 Å². The zero-order chi connectivity index (χ0) is 24.2. The summed E-state index contributed by atoms with van der Waals surface area (Å²) in [6.07, 6.45) is 5.21. The second-order valence-corrected chi connectivity index (χ2v) is 9.28. The van der Waals surface area contributed by atoms with E-state index in [4.69, 9.17) is 17.3 Å². The van der Waals surface area contributed by atoms with E-state index >= 15 is 0 Å². The Hall–Kier alpha value is -3.19. The highest BCUT2D eigenvalue weighted by atomic mass is 35.5. The van der Waals surface area contributed by atoms with Gasteiger partial charge in [0.2, 0.25) is 5.91 Å². The van der Waals surface area contributed by atoms with Crippen LogP contribution in [-0.4, -0.2) is 20.4 Å². The number of hydrogen-bond acceptors (Lipinski definition) is 4. The zero-order valence-electron chi connectivity index (χ0n) is 19.2. The van der Waals surface area contributed by atoms with Crippen LogP contribution in [0, 0.1) is 5.41 Å². The second kappa shape index (κ2) is 10.2. The molecule has 3 N–H and O–H groups in total. The summed E-state index contributed by atoms with van der Waals surface area (Å²) in [5, 5.41) is 0.405. The number of H-pyrrole nitrogens is 1. The molecule has 0 radical (unpaired) electrons. The predicted molar refractivity (Wildman–Crippen MR) is 131 cm³/mol. The molecule has 1 amide bonds. The molecule has 0 spiro atoms. The van der Waals surface area contributed by atoms with Gasteiger partial charge in [-0.25, -0.2) is 4.98 Å². The Bertz CT molecular complexity index is 1280. The molecule has 3 rings (SSSR count). The number of carbonyl (C=O) groups excluding carboxylic acids is 1. The van der Waals surface area contributed by atoms with Gasteiger partial charge in [0.05, 0.1) is 10.7 Å². The minimum atomic E-state index is -0.741. The Kier molecular flexibility index (Phi) is 7.53. The van der Waals surface area contributed by atoms with Gasteiger partial charge in [-0.2, -0.15) is 0 Å². The molecule has 0 unspecified atom stereocenters. The van der Waals surface area contributed by atoms with Gasteiger partial charge in [-0.05, 0) is 36.6 Å². The van der Waals surface area contributed by atoms with Crippen molar-refractivity contribution in [2.24, 2.45) is 11.1 Å². The average Bonchev–Trinajstić information content (AvgIpc) is 2.75. The fourth-order valence-corrected chi connectivity index (χ4v) is 3.79. The lowest BCUT2D eigenvalue weighted by Gasteiger charge is -2.20. The minimum absolute atomic E-state index is 0.138. The summed E-state index contributed by atoms with van der Waals surface area (Å²) < 4.78 is 1.66. The van der Waals surface area contributed by atoms with Crippen molar-refractivity contribution in [2.75, 3.05) is 0 Å². The highest BCUT2D eigenvalue weighted by Gasteiger charge is 2.25. The van der Waals surface area contributed by atoms with Crippen LogP contribution in [0.5, 0.6) is 0 Å². The number of nitrogens with zero attached hydrogens (tertiary/aromatic N) is 2. The molecule has 2 heterocycles. The number of nitrogens with two attached hydrogens (primary N) is 1. The molecule has 0 saturated carbocycles. The van der Waals surface area contributed by atoms with Crippen molar-refractivity contribution in [3.05, 3.63) is 73.9 Å². The number of unbranched alkanes of at least 4 members (excludes halogenated alkanes) is 2. The first-order chi connectivity index (χ1) is 15.6. The molecule has 174 valence electrons. The van der Waals surface area contributed by atoms with Gasteiger partial charge in [-0.1, -0.05) is 51.3 Å². The molecule has 8 heteroatoms. The number of halogens is 1. The number of amides is 1. The Morgan fingerprint density at radius 2 is 1.91 bits per heavy atom. The molecule has 0 fully saturated rings. The molecule has 0 aliphatic heterocycles. The number of benzene rings is 1. The molecular formula is C25H29ClN4O3. The fraction of sp³-hybridized carbons (Fsp3) is 0.360. The smallest absolute Gasteiger partial charge is 0.251 e. The number of primary amides is 1. The van der Waals surface area contributed by atoms with E-state index in [9.17, 15) is 14.4 Å². The highest BCUT2D eigenvalue weighted by molar-refractivity contribution is 6.33. The number of rotatable bonds is 9. The van der Waals surface area contributed by atoms with E-state index in [1.807, 2.05) is 6.07 Å². The largest absolute Gasteiger partial charge is 0.369 e. The summed E-state index contributed by atoms with van der Waals surface area (Å²) in [7, 11) is 0. The lowest BCUT2D eigenvalue weighted by atomic mass is 9.85. The molecule has 2 aromatic heterocycles. The van der Waals surface area contributed by atoms with E-state index in [0.29, 0.717) is 34.8 Å². The summed E-state index contributed by atoms with van der Waals surface area (Å²) in [5.41, 5.74) is 6.57. The second-order valence-electron chi connectivity index (χ2n) is 8.87. The van der Waals surface area contributed by atoms with Crippen LogP contribution in [0.4, 0.5) is 0 Å². The number of aryl methyl sites for hydroxylation is 1. The van der Waals surface area contributed by atoms with Crippen LogP contribution in [0.1, 0.15) is 45.6 Å².